The van der Waals surface area contributed by atoms with Gasteiger partial charge in [0.15, 0.2) is 0 Å². The average molecular weight is 727 g/mol. The Labute approximate surface area is 313 Å². The molecule has 0 aliphatic rings. The van der Waals surface area contributed by atoms with E-state index in [1.807, 2.05) is 27.7 Å². The fourth-order valence-electron chi connectivity index (χ4n) is 6.69. The van der Waals surface area contributed by atoms with Gasteiger partial charge in [-0.25, -0.2) is 0 Å². The number of benzene rings is 4. The van der Waals surface area contributed by atoms with Crippen LogP contribution in [0.2, 0.25) is 0 Å². The summed E-state index contributed by atoms with van der Waals surface area (Å²) < 4.78 is 21.5. The van der Waals surface area contributed by atoms with Crippen LogP contribution in [-0.2, 0) is 20.8 Å². The summed E-state index contributed by atoms with van der Waals surface area (Å²) in [6.07, 6.45) is 0. The number of nitrogens with one attached hydrogen (secondary N) is 2. The predicted octanol–water partition coefficient (Wildman–Crippen LogP) is 6.20. The molecular weight excluding hydrogens is 672 g/mol. The van der Waals surface area contributed by atoms with Gasteiger partial charge < -0.3 is 39.8 Å². The van der Waals surface area contributed by atoms with E-state index in [9.17, 15) is 19.8 Å². The highest BCUT2D eigenvalue weighted by molar-refractivity contribution is 6.04. The summed E-state index contributed by atoms with van der Waals surface area (Å²) in [6, 6.07) is 26.3. The van der Waals surface area contributed by atoms with Crippen LogP contribution in [-0.4, -0.2) is 62.6 Å². The molecular formula is C43H54N2O8. The van der Waals surface area contributed by atoms with Crippen LogP contribution in [0.3, 0.4) is 0 Å². The molecule has 10 nitrogen and oxygen atoms in total. The molecule has 0 heterocycles. The zero-order valence-electron chi connectivity index (χ0n) is 32.4. The minimum absolute atomic E-state index is 0.300. The molecule has 2 atom stereocenters. The Kier molecular flexibility index (Phi) is 12.9. The van der Waals surface area contributed by atoms with E-state index in [4.69, 9.17) is 18.9 Å². The number of methoxy groups -OCH3 is 4. The summed E-state index contributed by atoms with van der Waals surface area (Å²) in [5, 5.41) is 31.7. The van der Waals surface area contributed by atoms with Crippen molar-refractivity contribution in [3.8, 4) is 23.0 Å². The highest BCUT2D eigenvalue weighted by Gasteiger charge is 2.49. The van der Waals surface area contributed by atoms with Crippen LogP contribution in [0.1, 0.15) is 63.8 Å². The van der Waals surface area contributed by atoms with Gasteiger partial charge in [-0.15, -0.1) is 0 Å². The van der Waals surface area contributed by atoms with Crippen LogP contribution in [0.4, 0.5) is 0 Å². The fourth-order valence-corrected chi connectivity index (χ4v) is 6.69. The SMILES string of the molecule is COc1ccc(C(O)(c2ccc(OC)cc2)C(NC(=O)C(C)(C)C(=O)NC(C(C)C)C(O)(c2ccc(OC)cc2)c2ccc(OC)cc2)C(C)C)cc1. The Morgan fingerprint density at radius 3 is 0.849 bits per heavy atom. The van der Waals surface area contributed by atoms with Gasteiger partial charge in [-0.3, -0.25) is 9.59 Å². The molecule has 0 bridgehead atoms. The molecule has 284 valence electrons. The summed E-state index contributed by atoms with van der Waals surface area (Å²) in [6.45, 7) is 10.7. The Hall–Kier alpha value is -5.06. The third kappa shape index (κ3) is 8.29. The molecule has 2 amide bonds. The van der Waals surface area contributed by atoms with E-state index in [0.717, 1.165) is 0 Å². The maximum Gasteiger partial charge on any atom is 0.235 e. The van der Waals surface area contributed by atoms with E-state index in [1.54, 1.807) is 126 Å². The molecule has 0 aromatic heterocycles. The Balaban J connectivity index is 1.74. The number of hydrogen-bond donors (Lipinski definition) is 4. The van der Waals surface area contributed by atoms with Crippen molar-refractivity contribution in [1.29, 1.82) is 0 Å². The Morgan fingerprint density at radius 1 is 0.472 bits per heavy atom. The number of rotatable bonds is 16. The van der Waals surface area contributed by atoms with E-state index in [2.05, 4.69) is 10.6 Å². The lowest BCUT2D eigenvalue weighted by Crippen LogP contribution is -2.61. The first-order valence-electron chi connectivity index (χ1n) is 17.7. The summed E-state index contributed by atoms with van der Waals surface area (Å²) in [5.74, 6) is 0.630. The van der Waals surface area contributed by atoms with Crippen LogP contribution in [0, 0.1) is 17.3 Å². The third-order valence-corrected chi connectivity index (χ3v) is 10.1. The Bertz CT molecular complexity index is 1570. The van der Waals surface area contributed by atoms with E-state index in [-0.39, 0.29) is 11.8 Å². The molecule has 0 aliphatic carbocycles. The van der Waals surface area contributed by atoms with E-state index < -0.39 is 40.5 Å². The second-order valence-electron chi connectivity index (χ2n) is 14.5. The van der Waals surface area contributed by atoms with Gasteiger partial charge in [0.25, 0.3) is 0 Å². The van der Waals surface area contributed by atoms with Crippen LogP contribution < -0.4 is 29.6 Å². The first-order valence-corrected chi connectivity index (χ1v) is 17.7. The summed E-state index contributed by atoms with van der Waals surface area (Å²) in [7, 11) is 6.25. The van der Waals surface area contributed by atoms with Gasteiger partial charge in [-0.05, 0) is 96.5 Å². The molecule has 0 fully saturated rings. The van der Waals surface area contributed by atoms with Crippen LogP contribution in [0.15, 0.2) is 97.1 Å². The highest BCUT2D eigenvalue weighted by Crippen LogP contribution is 2.40. The van der Waals surface area contributed by atoms with Gasteiger partial charge >= 0.3 is 0 Å². The minimum Gasteiger partial charge on any atom is -0.497 e. The van der Waals surface area contributed by atoms with Gasteiger partial charge in [0.1, 0.15) is 39.6 Å². The monoisotopic (exact) mass is 726 g/mol. The molecule has 0 spiro atoms. The van der Waals surface area contributed by atoms with Crippen LogP contribution in [0.5, 0.6) is 23.0 Å². The average Bonchev–Trinajstić information content (AvgIpc) is 3.17. The predicted molar refractivity (Wildman–Crippen MR) is 205 cm³/mol. The fraction of sp³-hybridized carbons (Fsp3) is 0.395. The summed E-state index contributed by atoms with van der Waals surface area (Å²) in [4.78, 5) is 28.8. The first kappa shape index (κ1) is 40.7. The lowest BCUT2D eigenvalue weighted by Gasteiger charge is -2.43. The normalized spacial score (nSPS) is 13.2. The first-order chi connectivity index (χ1) is 25.1. The molecule has 4 aromatic rings. The highest BCUT2D eigenvalue weighted by atomic mass is 16.5. The smallest absolute Gasteiger partial charge is 0.235 e. The largest absolute Gasteiger partial charge is 0.497 e. The minimum atomic E-state index is -1.72. The zero-order chi connectivity index (χ0) is 39.1. The maximum atomic E-state index is 14.4. The molecule has 53 heavy (non-hydrogen) atoms. The number of carbonyl (C=O) groups excluding carboxylic acids is 2. The molecule has 0 aliphatic heterocycles. The number of carbonyl (C=O) groups is 2. The van der Waals surface area contributed by atoms with Crippen molar-refractivity contribution in [2.45, 2.75) is 64.8 Å². The second kappa shape index (κ2) is 16.7. The van der Waals surface area contributed by atoms with Gasteiger partial charge in [0.05, 0.1) is 40.5 Å². The molecule has 2 unspecified atom stereocenters. The van der Waals surface area contributed by atoms with Gasteiger partial charge in [0.2, 0.25) is 11.8 Å². The van der Waals surface area contributed by atoms with Gasteiger partial charge in [0, 0.05) is 0 Å². The molecule has 10 heteroatoms. The standard InChI is InChI=1S/C43H54N2O8/c1-27(2)37(42(48,29-11-19-33(50-7)20-12-29)30-13-21-34(51-8)22-14-30)44-39(46)41(5,6)40(47)45-38(28(3)4)43(49,31-15-23-35(52-9)24-16-31)32-17-25-36(53-10)26-18-32/h11-28,37-38,48-49H,1-10H3,(H,44,46)(H,45,47). The molecule has 4 rings (SSSR count). The number of hydrogen-bond acceptors (Lipinski definition) is 8. The lowest BCUT2D eigenvalue weighted by atomic mass is 9.74. The van der Waals surface area contributed by atoms with Crippen LogP contribution in [0.25, 0.3) is 0 Å². The van der Waals surface area contributed by atoms with E-state index in [0.29, 0.717) is 45.3 Å². The maximum absolute atomic E-state index is 14.4. The number of ether oxygens (including phenoxy) is 4. The van der Waals surface area contributed by atoms with E-state index in [1.165, 1.54) is 13.8 Å². The quantitative estimate of drug-likeness (QED) is 0.100. The third-order valence-electron chi connectivity index (χ3n) is 10.1. The zero-order valence-corrected chi connectivity index (χ0v) is 32.4. The topological polar surface area (TPSA) is 136 Å². The van der Waals surface area contributed by atoms with Crippen LogP contribution >= 0.6 is 0 Å². The molecule has 4 N–H and O–H groups in total. The van der Waals surface area contributed by atoms with Crippen molar-refractivity contribution in [1.82, 2.24) is 10.6 Å². The van der Waals surface area contributed by atoms with Gasteiger partial charge in [-0.1, -0.05) is 76.2 Å². The van der Waals surface area contributed by atoms with Crippen molar-refractivity contribution in [2.75, 3.05) is 28.4 Å². The lowest BCUT2D eigenvalue weighted by molar-refractivity contribution is -0.145. The van der Waals surface area contributed by atoms with Crippen molar-refractivity contribution in [2.24, 2.45) is 17.3 Å². The van der Waals surface area contributed by atoms with Crippen molar-refractivity contribution < 1.29 is 38.7 Å². The second-order valence-corrected chi connectivity index (χ2v) is 14.5. The van der Waals surface area contributed by atoms with Crippen molar-refractivity contribution in [3.63, 3.8) is 0 Å². The van der Waals surface area contributed by atoms with Crippen molar-refractivity contribution >= 4 is 11.8 Å². The van der Waals surface area contributed by atoms with E-state index >= 15 is 0 Å². The molecule has 0 radical (unpaired) electrons. The Morgan fingerprint density at radius 2 is 0.679 bits per heavy atom. The summed E-state index contributed by atoms with van der Waals surface area (Å²) >= 11 is 0. The van der Waals surface area contributed by atoms with Gasteiger partial charge in [-0.2, -0.15) is 0 Å². The number of amides is 2. The van der Waals surface area contributed by atoms with Crippen molar-refractivity contribution in [3.05, 3.63) is 119 Å². The molecule has 4 aromatic carbocycles. The number of aliphatic hydroxyl groups is 2. The molecule has 0 saturated carbocycles. The molecule has 0 saturated heterocycles. The summed E-state index contributed by atoms with van der Waals surface area (Å²) in [5.41, 5.74) is -3.01.